The molecule has 0 saturated carbocycles. The average molecular weight is 513 g/mol. The van der Waals surface area contributed by atoms with Crippen LogP contribution < -0.4 is 0 Å². The molecule has 0 atom stereocenters. The van der Waals surface area contributed by atoms with Gasteiger partial charge in [-0.25, -0.2) is 0 Å². The first kappa shape index (κ1) is 24.9. The van der Waals surface area contributed by atoms with Gasteiger partial charge in [-0.15, -0.1) is 6.54 Å². The van der Waals surface area contributed by atoms with Gasteiger partial charge in [0.25, 0.3) is 0 Å². The van der Waals surface area contributed by atoms with Crippen LogP contribution in [0.3, 0.4) is 0 Å². The van der Waals surface area contributed by atoms with Crippen molar-refractivity contribution in [3.63, 3.8) is 0 Å². The van der Waals surface area contributed by atoms with E-state index in [0.29, 0.717) is 0 Å². The van der Waals surface area contributed by atoms with Crippen LogP contribution >= 0.6 is 19.4 Å². The molecule has 4 rings (SSSR count). The number of benzene rings is 3. The van der Waals surface area contributed by atoms with Gasteiger partial charge in [-0.3, -0.25) is 18.6 Å². The van der Waals surface area contributed by atoms with Crippen molar-refractivity contribution in [2.24, 2.45) is 0 Å². The Kier molecular flexibility index (Phi) is 11.9. The molecule has 29 heavy (non-hydrogen) atoms. The minimum absolute atomic E-state index is 0.193. The Morgan fingerprint density at radius 1 is 0.828 bits per heavy atom. The second-order valence-electron chi connectivity index (χ2n) is 5.44. The van der Waals surface area contributed by atoms with Gasteiger partial charge in [0, 0.05) is 16.5 Å². The van der Waals surface area contributed by atoms with E-state index in [2.05, 4.69) is 50.0 Å². The Balaban J connectivity index is 0.000000540. The van der Waals surface area contributed by atoms with Crippen molar-refractivity contribution in [1.29, 1.82) is 0 Å². The second-order valence-corrected chi connectivity index (χ2v) is 8.08. The summed E-state index contributed by atoms with van der Waals surface area (Å²) in [7, 11) is 9.71. The first-order valence-corrected chi connectivity index (χ1v) is 12.6. The third kappa shape index (κ3) is 6.41. The van der Waals surface area contributed by atoms with Crippen molar-refractivity contribution >= 4 is 54.6 Å². The van der Waals surface area contributed by atoms with E-state index in [0.717, 1.165) is 27.5 Å². The molecule has 7 heteroatoms. The van der Waals surface area contributed by atoms with E-state index in [9.17, 15) is 0 Å². The van der Waals surface area contributed by atoms with Crippen molar-refractivity contribution in [1.82, 2.24) is 4.98 Å². The van der Waals surface area contributed by atoms with Crippen molar-refractivity contribution < 1.29 is 24.7 Å². The van der Waals surface area contributed by atoms with Gasteiger partial charge in [0.2, 0.25) is 0 Å². The first-order valence-electron chi connectivity index (χ1n) is 8.12. The second kappa shape index (κ2) is 13.9. The fourth-order valence-corrected chi connectivity index (χ4v) is 2.96. The molecule has 0 spiro atoms. The van der Waals surface area contributed by atoms with E-state index in [4.69, 9.17) is 39.7 Å². The molecule has 0 aliphatic heterocycles. The molecule has 152 valence electrons. The van der Waals surface area contributed by atoms with Gasteiger partial charge < -0.3 is 15.3 Å². The molecule has 1 aromatic heterocycles. The van der Waals surface area contributed by atoms with Crippen LogP contribution in [0.25, 0.3) is 38.5 Å². The standard InChI is InChI=1S/C20H15N2.2CHO.2ClH.Ru/c21-13-16-12-19(14-6-2-1-3-7-14)18-11-10-15-8-4-5-9-17(15)20(18)22-16;2*1-2;;;/h1-12,21H,13H2;2*1H;2*1H;/q3*-1;;;+2/p-2. The molecule has 0 radical (unpaired) electrons. The molecule has 0 saturated heterocycles. The van der Waals surface area contributed by atoms with Crippen molar-refractivity contribution in [3.05, 3.63) is 84.2 Å². The molecule has 4 nitrogen and oxygen atoms in total. The molecule has 0 aliphatic carbocycles. The number of fused-ring (bicyclic) bond motifs is 3. The minimum atomic E-state index is -0.346. The minimum Gasteiger partial charge on any atom is -0.672 e. The van der Waals surface area contributed by atoms with E-state index in [1.165, 1.54) is 10.9 Å². The van der Waals surface area contributed by atoms with Crippen LogP contribution in [-0.2, 0) is 31.3 Å². The van der Waals surface area contributed by atoms with Crippen LogP contribution in [0.5, 0.6) is 0 Å². The molecule has 0 bridgehead atoms. The van der Waals surface area contributed by atoms with Crippen LogP contribution in [0.2, 0.25) is 0 Å². The van der Waals surface area contributed by atoms with Crippen LogP contribution in [0.15, 0.2) is 72.8 Å². The molecular formula is C22H17Cl2N2O2Ru-3. The van der Waals surface area contributed by atoms with Gasteiger partial charge in [-0.2, -0.15) is 0 Å². The summed E-state index contributed by atoms with van der Waals surface area (Å²) < 4.78 is 0. The number of rotatable bonds is 2. The molecule has 3 aromatic carbocycles. The molecule has 0 amide bonds. The number of hydrogen-bond donors (Lipinski definition) is 0. The number of aromatic nitrogens is 1. The Bertz CT molecular complexity index is 1030. The van der Waals surface area contributed by atoms with Gasteiger partial charge in [0.15, 0.2) is 0 Å². The predicted molar refractivity (Wildman–Crippen MR) is 118 cm³/mol. The Morgan fingerprint density at radius 2 is 1.41 bits per heavy atom. The largest absolute Gasteiger partial charge is 0.672 e. The van der Waals surface area contributed by atoms with Gasteiger partial charge in [0.1, 0.15) is 0 Å². The maximum atomic E-state index is 7.75. The third-order valence-corrected chi connectivity index (χ3v) is 4.02. The maximum absolute atomic E-state index is 7.75. The Hall–Kier alpha value is -2.17. The van der Waals surface area contributed by atoms with Crippen LogP contribution in [0.4, 0.5) is 0 Å². The van der Waals surface area contributed by atoms with Gasteiger partial charge >= 0.3 is 34.5 Å². The quantitative estimate of drug-likeness (QED) is 0.134. The normalized spacial score (nSPS) is 9.48. The molecular weight excluding hydrogens is 496 g/mol. The third-order valence-electron chi connectivity index (χ3n) is 4.02. The van der Waals surface area contributed by atoms with Crippen molar-refractivity contribution in [2.75, 3.05) is 0 Å². The number of carbonyl (C=O) groups excluding carboxylic acids is 2. The zero-order valence-corrected chi connectivity index (χ0v) is 18.4. The summed E-state index contributed by atoms with van der Waals surface area (Å²) in [5.41, 5.74) is 11.8. The van der Waals surface area contributed by atoms with E-state index in [1.807, 2.05) is 36.4 Å². The monoisotopic (exact) mass is 513 g/mol. The summed E-state index contributed by atoms with van der Waals surface area (Å²) in [6, 6.07) is 24.9. The van der Waals surface area contributed by atoms with E-state index in [-0.39, 0.29) is 21.7 Å². The smallest absolute Gasteiger partial charge is 0.0789 e. The van der Waals surface area contributed by atoms with Crippen LogP contribution in [-0.4, -0.2) is 18.6 Å². The van der Waals surface area contributed by atoms with Gasteiger partial charge in [0.05, 0.1) is 5.52 Å². The molecule has 1 N–H and O–H groups in total. The fourth-order valence-electron chi connectivity index (χ4n) is 2.96. The van der Waals surface area contributed by atoms with E-state index >= 15 is 0 Å². The molecule has 0 fully saturated rings. The van der Waals surface area contributed by atoms with Crippen LogP contribution in [0.1, 0.15) is 5.69 Å². The SMILES string of the molecule is [CH-]=O.[CH-]=O.[Cl][Ru][Cl].[NH-]Cc1cc(-c2ccccc2)c2ccc3ccccc3c2n1. The number of hydrogen-bond acceptors (Lipinski definition) is 3. The van der Waals surface area contributed by atoms with Crippen molar-refractivity contribution in [2.45, 2.75) is 6.54 Å². The molecule has 0 unspecified atom stereocenters. The molecule has 1 heterocycles. The summed E-state index contributed by atoms with van der Waals surface area (Å²) in [5, 5.41) is 3.47. The van der Waals surface area contributed by atoms with E-state index < -0.39 is 0 Å². The Morgan fingerprint density at radius 3 is 2.03 bits per heavy atom. The number of halogens is 2. The van der Waals surface area contributed by atoms with Gasteiger partial charge in [-0.05, 0) is 22.6 Å². The average Bonchev–Trinajstić information content (AvgIpc) is 2.82. The topological polar surface area (TPSA) is 70.8 Å². The Labute approximate surface area is 185 Å². The van der Waals surface area contributed by atoms with Gasteiger partial charge in [-0.1, -0.05) is 66.7 Å². The predicted octanol–water partition coefficient (Wildman–Crippen LogP) is 6.44. The summed E-state index contributed by atoms with van der Waals surface area (Å²) in [4.78, 5) is 20.2. The fraction of sp³-hybridized carbons (Fsp3) is 0.0455. The molecule has 4 aromatic rings. The first-order chi connectivity index (χ1) is 14.3. The maximum Gasteiger partial charge on any atom is 0.0789 e. The number of nitrogens with zero attached hydrogens (tertiary/aromatic N) is 1. The number of pyridine rings is 1. The number of nitrogens with one attached hydrogen (secondary N) is 1. The summed E-state index contributed by atoms with van der Waals surface area (Å²) in [5.74, 6) is 0. The summed E-state index contributed by atoms with van der Waals surface area (Å²) in [6.45, 7) is 6.69. The van der Waals surface area contributed by atoms with Crippen LogP contribution in [0, 0.1) is 0 Å². The molecule has 0 aliphatic rings. The van der Waals surface area contributed by atoms with Crippen molar-refractivity contribution in [3.8, 4) is 11.1 Å². The zero-order chi connectivity index (χ0) is 21.6. The van der Waals surface area contributed by atoms with E-state index in [1.54, 1.807) is 0 Å². The summed E-state index contributed by atoms with van der Waals surface area (Å²) >= 11 is -0.346. The summed E-state index contributed by atoms with van der Waals surface area (Å²) in [6.07, 6.45) is 0. The zero-order valence-electron chi connectivity index (χ0n) is 15.2.